The first kappa shape index (κ1) is 10.2. The number of rotatable bonds is 3. The summed E-state index contributed by atoms with van der Waals surface area (Å²) in [4.78, 5) is 13.6. The molecule has 0 spiro atoms. The molecule has 0 aromatic rings. The van der Waals surface area contributed by atoms with Crippen molar-refractivity contribution in [2.24, 2.45) is 4.99 Å². The van der Waals surface area contributed by atoms with Gasteiger partial charge in [0, 0.05) is 6.21 Å². The monoisotopic (exact) mass is 179 g/mol. The fourth-order valence-corrected chi connectivity index (χ4v) is 0.538. The van der Waals surface area contributed by atoms with Crippen molar-refractivity contribution in [1.29, 1.82) is 0 Å². The zero-order chi connectivity index (χ0) is 8.69. The Bertz CT molecular complexity index is 179. The van der Waals surface area contributed by atoms with Crippen LogP contribution in [0.15, 0.2) is 4.99 Å². The lowest BCUT2D eigenvalue weighted by Crippen LogP contribution is -2.01. The van der Waals surface area contributed by atoms with Gasteiger partial charge in [0.15, 0.2) is 11.1 Å². The Balaban J connectivity index is 3.56. The Hall–Kier alpha value is -0.750. The Labute approximate surface area is 66.7 Å². The van der Waals surface area contributed by atoms with Crippen molar-refractivity contribution >= 4 is 23.4 Å². The fourth-order valence-electron chi connectivity index (χ4n) is 0.336. The molecule has 0 saturated heterocycles. The van der Waals surface area contributed by atoms with Crippen molar-refractivity contribution in [3.05, 3.63) is 0 Å². The van der Waals surface area contributed by atoms with E-state index in [1.54, 1.807) is 6.92 Å². The van der Waals surface area contributed by atoms with Gasteiger partial charge in [-0.25, -0.2) is 9.00 Å². The molecule has 1 unspecified atom stereocenters. The maximum Gasteiger partial charge on any atom is 0.433 e. The third-order valence-corrected chi connectivity index (χ3v) is 1.12. The molecule has 6 heteroatoms. The van der Waals surface area contributed by atoms with E-state index in [-0.39, 0.29) is 12.4 Å². The number of carbonyl (C=O) groups excluding carboxylic acids is 1. The van der Waals surface area contributed by atoms with Gasteiger partial charge >= 0.3 is 6.09 Å². The van der Waals surface area contributed by atoms with Crippen LogP contribution in [0.4, 0.5) is 4.79 Å². The van der Waals surface area contributed by atoms with Crippen LogP contribution in [0.25, 0.3) is 0 Å². The van der Waals surface area contributed by atoms with E-state index < -0.39 is 17.2 Å². The Morgan fingerprint density at radius 3 is 2.91 bits per heavy atom. The quantitative estimate of drug-likeness (QED) is 0.503. The average molecular weight is 179 g/mol. The van der Waals surface area contributed by atoms with E-state index in [0.717, 1.165) is 6.21 Å². The first-order valence-electron chi connectivity index (χ1n) is 2.93. The standard InChI is InChI=1S/C5H9NO4S/c1-2-10-5(7)6-3-4-11(8)9/h3H,2,4H2,1H3,(H,8,9). The molecule has 0 aromatic carbocycles. The number of amides is 1. The number of ether oxygens (including phenoxy) is 1. The minimum atomic E-state index is -1.94. The van der Waals surface area contributed by atoms with Gasteiger partial charge in [-0.2, -0.15) is 4.99 Å². The largest absolute Gasteiger partial charge is 0.448 e. The van der Waals surface area contributed by atoms with E-state index in [1.807, 2.05) is 0 Å². The lowest BCUT2D eigenvalue weighted by Gasteiger charge is -1.92. The molecule has 0 aliphatic carbocycles. The van der Waals surface area contributed by atoms with Crippen LogP contribution in [-0.4, -0.2) is 33.4 Å². The SMILES string of the molecule is CCOC(=O)N=CCS(=O)O. The molecular formula is C5H9NO4S. The van der Waals surface area contributed by atoms with E-state index in [9.17, 15) is 9.00 Å². The molecule has 0 heterocycles. The number of aliphatic imine (C=N–C) groups is 1. The van der Waals surface area contributed by atoms with Crippen LogP contribution in [0.5, 0.6) is 0 Å². The molecule has 0 aliphatic rings. The smallest absolute Gasteiger partial charge is 0.433 e. The average Bonchev–Trinajstić information content (AvgIpc) is 1.87. The maximum absolute atomic E-state index is 10.4. The molecule has 0 aromatic heterocycles. The van der Waals surface area contributed by atoms with Crippen molar-refractivity contribution in [3.8, 4) is 0 Å². The molecule has 0 fully saturated rings. The van der Waals surface area contributed by atoms with E-state index in [0.29, 0.717) is 0 Å². The van der Waals surface area contributed by atoms with Gasteiger partial charge in [-0.3, -0.25) is 0 Å². The van der Waals surface area contributed by atoms with Gasteiger partial charge in [-0.15, -0.1) is 0 Å². The Morgan fingerprint density at radius 2 is 2.45 bits per heavy atom. The van der Waals surface area contributed by atoms with Crippen molar-refractivity contribution in [2.45, 2.75) is 6.92 Å². The summed E-state index contributed by atoms with van der Waals surface area (Å²) in [5.41, 5.74) is 0. The van der Waals surface area contributed by atoms with E-state index in [1.165, 1.54) is 0 Å². The normalized spacial score (nSPS) is 13.3. The second kappa shape index (κ2) is 5.99. The van der Waals surface area contributed by atoms with Gasteiger partial charge in [0.05, 0.1) is 12.4 Å². The molecule has 0 rings (SSSR count). The summed E-state index contributed by atoms with van der Waals surface area (Å²) >= 11 is -1.94. The summed E-state index contributed by atoms with van der Waals surface area (Å²) in [5, 5.41) is 0. The zero-order valence-electron chi connectivity index (χ0n) is 6.02. The molecule has 0 bridgehead atoms. The molecule has 1 amide bonds. The van der Waals surface area contributed by atoms with Gasteiger partial charge in [-0.1, -0.05) is 0 Å². The predicted molar refractivity (Wildman–Crippen MR) is 41.2 cm³/mol. The topological polar surface area (TPSA) is 76.0 Å². The molecule has 0 radical (unpaired) electrons. The van der Waals surface area contributed by atoms with Gasteiger partial charge in [0.25, 0.3) is 0 Å². The van der Waals surface area contributed by atoms with E-state index in [2.05, 4.69) is 9.73 Å². The number of hydrogen-bond acceptors (Lipinski definition) is 3. The Kier molecular flexibility index (Phi) is 5.58. The minimum absolute atomic E-state index is 0.154. The summed E-state index contributed by atoms with van der Waals surface area (Å²) in [6.45, 7) is 1.90. The van der Waals surface area contributed by atoms with Crippen LogP contribution >= 0.6 is 0 Å². The first-order valence-corrected chi connectivity index (χ1v) is 4.21. The third-order valence-electron chi connectivity index (χ3n) is 0.682. The van der Waals surface area contributed by atoms with Crippen LogP contribution in [0, 0.1) is 0 Å². The first-order chi connectivity index (χ1) is 5.16. The molecule has 64 valence electrons. The summed E-state index contributed by atoms with van der Waals surface area (Å²) in [7, 11) is 0. The zero-order valence-corrected chi connectivity index (χ0v) is 6.84. The molecule has 1 atom stereocenters. The predicted octanol–water partition coefficient (Wildman–Crippen LogP) is 0.435. The highest BCUT2D eigenvalue weighted by Gasteiger charge is 1.94. The highest BCUT2D eigenvalue weighted by Crippen LogP contribution is 1.81. The van der Waals surface area contributed by atoms with Crippen LogP contribution in [0.1, 0.15) is 6.92 Å². The van der Waals surface area contributed by atoms with Crippen molar-refractivity contribution in [2.75, 3.05) is 12.4 Å². The van der Waals surface area contributed by atoms with Gasteiger partial charge < -0.3 is 9.29 Å². The van der Waals surface area contributed by atoms with Gasteiger partial charge in [-0.05, 0) is 6.92 Å². The lowest BCUT2D eigenvalue weighted by atomic mass is 10.8. The summed E-state index contributed by atoms with van der Waals surface area (Å²) in [6, 6.07) is 0. The highest BCUT2D eigenvalue weighted by molar-refractivity contribution is 7.79. The molecular weight excluding hydrogens is 170 g/mol. The second-order valence-electron chi connectivity index (χ2n) is 1.50. The van der Waals surface area contributed by atoms with Crippen LogP contribution in [0.2, 0.25) is 0 Å². The maximum atomic E-state index is 10.4. The molecule has 0 saturated carbocycles. The van der Waals surface area contributed by atoms with E-state index >= 15 is 0 Å². The van der Waals surface area contributed by atoms with Crippen molar-refractivity contribution in [3.63, 3.8) is 0 Å². The van der Waals surface area contributed by atoms with E-state index in [4.69, 9.17) is 4.55 Å². The number of hydrogen-bond donors (Lipinski definition) is 1. The van der Waals surface area contributed by atoms with Crippen LogP contribution in [-0.2, 0) is 15.8 Å². The number of carbonyl (C=O) groups is 1. The highest BCUT2D eigenvalue weighted by atomic mass is 32.2. The molecule has 1 N–H and O–H groups in total. The fraction of sp³-hybridized carbons (Fsp3) is 0.600. The second-order valence-corrected chi connectivity index (χ2v) is 2.48. The van der Waals surface area contributed by atoms with Crippen molar-refractivity contribution < 1.29 is 18.3 Å². The van der Waals surface area contributed by atoms with Gasteiger partial charge in [0.1, 0.15) is 0 Å². The number of nitrogens with zero attached hydrogens (tertiary/aromatic N) is 1. The minimum Gasteiger partial charge on any atom is -0.448 e. The van der Waals surface area contributed by atoms with Gasteiger partial charge in [0.2, 0.25) is 0 Å². The van der Waals surface area contributed by atoms with Crippen LogP contribution < -0.4 is 0 Å². The van der Waals surface area contributed by atoms with Crippen molar-refractivity contribution in [1.82, 2.24) is 0 Å². The molecule has 11 heavy (non-hydrogen) atoms. The summed E-state index contributed by atoms with van der Waals surface area (Å²) in [6.07, 6.45) is 0.312. The lowest BCUT2D eigenvalue weighted by molar-refractivity contribution is 0.163. The summed E-state index contributed by atoms with van der Waals surface area (Å²) < 4.78 is 22.6. The molecule has 0 aliphatic heterocycles. The summed E-state index contributed by atoms with van der Waals surface area (Å²) in [5.74, 6) is -0.154. The van der Waals surface area contributed by atoms with Crippen LogP contribution in [0.3, 0.4) is 0 Å². The molecule has 5 nitrogen and oxygen atoms in total. The Morgan fingerprint density at radius 1 is 1.82 bits per heavy atom. The third kappa shape index (κ3) is 7.14.